The third-order valence-electron chi connectivity index (χ3n) is 6.30. The first-order chi connectivity index (χ1) is 15.5. The second-order valence-electron chi connectivity index (χ2n) is 9.38. The van der Waals surface area contributed by atoms with Gasteiger partial charge in [0, 0.05) is 19.0 Å². The summed E-state index contributed by atoms with van der Waals surface area (Å²) in [5, 5.41) is 2.97. The van der Waals surface area contributed by atoms with Gasteiger partial charge in [0.2, 0.25) is 5.91 Å². The molecule has 0 aromatic heterocycles. The molecule has 1 saturated carbocycles. The van der Waals surface area contributed by atoms with Crippen molar-refractivity contribution in [1.29, 1.82) is 0 Å². The van der Waals surface area contributed by atoms with E-state index in [4.69, 9.17) is 4.74 Å². The van der Waals surface area contributed by atoms with Crippen molar-refractivity contribution >= 4 is 11.8 Å². The van der Waals surface area contributed by atoms with Crippen molar-refractivity contribution in [1.82, 2.24) is 10.2 Å². The van der Waals surface area contributed by atoms with E-state index in [2.05, 4.69) is 37.4 Å². The fraction of sp³-hybridized carbons (Fsp3) is 0.481. The van der Waals surface area contributed by atoms with Crippen molar-refractivity contribution in [3.63, 3.8) is 0 Å². The van der Waals surface area contributed by atoms with Crippen LogP contribution in [0.2, 0.25) is 0 Å². The minimum absolute atomic E-state index is 0.0796. The van der Waals surface area contributed by atoms with Crippen molar-refractivity contribution in [3.8, 4) is 5.75 Å². The highest BCUT2D eigenvalue weighted by Gasteiger charge is 2.39. The van der Waals surface area contributed by atoms with Gasteiger partial charge in [-0.05, 0) is 60.4 Å². The summed E-state index contributed by atoms with van der Waals surface area (Å²) >= 11 is 0. The maximum Gasteiger partial charge on any atom is 0.261 e. The van der Waals surface area contributed by atoms with Crippen LogP contribution in [0.15, 0.2) is 48.5 Å². The molecule has 2 amide bonds. The van der Waals surface area contributed by atoms with Crippen LogP contribution in [0.3, 0.4) is 0 Å². The number of nitrogens with one attached hydrogen (secondary N) is 1. The van der Waals surface area contributed by atoms with Gasteiger partial charge in [0.25, 0.3) is 5.91 Å². The van der Waals surface area contributed by atoms with Crippen LogP contribution < -0.4 is 10.1 Å². The van der Waals surface area contributed by atoms with Crippen LogP contribution in [0.4, 0.5) is 0 Å². The molecule has 5 nitrogen and oxygen atoms in total. The normalized spacial score (nSPS) is 18.8. The predicted octanol–water partition coefficient (Wildman–Crippen LogP) is 4.50. The summed E-state index contributed by atoms with van der Waals surface area (Å²) in [7, 11) is 0. The third-order valence-corrected chi connectivity index (χ3v) is 6.30. The largest absolute Gasteiger partial charge is 0.481 e. The number of rotatable bonds is 8. The lowest BCUT2D eigenvalue weighted by Gasteiger charge is -2.38. The Morgan fingerprint density at radius 1 is 1.12 bits per heavy atom. The van der Waals surface area contributed by atoms with Crippen molar-refractivity contribution < 1.29 is 14.3 Å². The number of fused-ring (bicyclic) bond motifs is 1. The number of carbonyl (C=O) groups is 2. The summed E-state index contributed by atoms with van der Waals surface area (Å²) < 4.78 is 6.15. The van der Waals surface area contributed by atoms with E-state index in [1.165, 1.54) is 5.56 Å². The summed E-state index contributed by atoms with van der Waals surface area (Å²) in [5.41, 5.74) is 3.45. The van der Waals surface area contributed by atoms with E-state index in [9.17, 15) is 9.59 Å². The van der Waals surface area contributed by atoms with E-state index in [0.717, 1.165) is 36.9 Å². The standard InChI is InChI=1S/C27H34N2O3/c1-4-24(26(30)28-17-18(2)3)32-22-13-12-19-14-15-29(27(31)21-10-11-21)25(23(19)16-22)20-8-6-5-7-9-20/h5-9,12-13,16,18,21,24-25H,4,10-11,14-15,17H2,1-3H3,(H,28,30)/t24-,25-/m1/s1. The van der Waals surface area contributed by atoms with Gasteiger partial charge in [0.05, 0.1) is 6.04 Å². The zero-order valence-corrected chi connectivity index (χ0v) is 19.3. The van der Waals surface area contributed by atoms with Crippen LogP contribution in [0, 0.1) is 11.8 Å². The van der Waals surface area contributed by atoms with E-state index in [-0.39, 0.29) is 23.8 Å². The average Bonchev–Trinajstić information content (AvgIpc) is 3.65. The molecule has 1 heterocycles. The number of ether oxygens (including phenoxy) is 1. The summed E-state index contributed by atoms with van der Waals surface area (Å²) in [4.78, 5) is 27.8. The predicted molar refractivity (Wildman–Crippen MR) is 125 cm³/mol. The second kappa shape index (κ2) is 9.76. The van der Waals surface area contributed by atoms with Gasteiger partial charge in [0.1, 0.15) is 5.75 Å². The lowest BCUT2D eigenvalue weighted by molar-refractivity contribution is -0.134. The van der Waals surface area contributed by atoms with Crippen LogP contribution in [0.25, 0.3) is 0 Å². The number of hydrogen-bond acceptors (Lipinski definition) is 3. The number of hydrogen-bond donors (Lipinski definition) is 1. The maximum atomic E-state index is 13.1. The first kappa shape index (κ1) is 22.4. The number of nitrogens with zero attached hydrogens (tertiary/aromatic N) is 1. The van der Waals surface area contributed by atoms with Crippen molar-refractivity contribution in [2.75, 3.05) is 13.1 Å². The summed E-state index contributed by atoms with van der Waals surface area (Å²) in [6, 6.07) is 16.2. The highest BCUT2D eigenvalue weighted by molar-refractivity contribution is 5.82. The molecule has 2 aromatic rings. The number of carbonyl (C=O) groups excluding carboxylic acids is 2. The average molecular weight is 435 g/mol. The van der Waals surface area contributed by atoms with Crippen molar-refractivity contribution in [3.05, 3.63) is 65.2 Å². The molecule has 5 heteroatoms. The third kappa shape index (κ3) is 4.98. The highest BCUT2D eigenvalue weighted by Crippen LogP contribution is 2.41. The van der Waals surface area contributed by atoms with Gasteiger partial charge in [-0.15, -0.1) is 0 Å². The zero-order valence-electron chi connectivity index (χ0n) is 19.3. The fourth-order valence-corrected chi connectivity index (χ4v) is 4.37. The fourth-order valence-electron chi connectivity index (χ4n) is 4.37. The Labute approximate surface area is 191 Å². The molecule has 0 saturated heterocycles. The molecule has 0 bridgehead atoms. The van der Waals surface area contributed by atoms with Crippen LogP contribution in [-0.4, -0.2) is 35.9 Å². The monoisotopic (exact) mass is 434 g/mol. The van der Waals surface area contributed by atoms with Crippen LogP contribution in [0.1, 0.15) is 62.8 Å². The molecule has 1 fully saturated rings. The second-order valence-corrected chi connectivity index (χ2v) is 9.38. The Balaban J connectivity index is 1.62. The molecule has 0 spiro atoms. The molecule has 1 N–H and O–H groups in total. The Morgan fingerprint density at radius 2 is 1.88 bits per heavy atom. The Kier molecular flexibility index (Phi) is 6.83. The lowest BCUT2D eigenvalue weighted by Crippen LogP contribution is -2.41. The quantitative estimate of drug-likeness (QED) is 0.666. The maximum absolute atomic E-state index is 13.1. The molecule has 0 unspecified atom stereocenters. The van der Waals surface area contributed by atoms with Gasteiger partial charge in [-0.25, -0.2) is 0 Å². The van der Waals surface area contributed by atoms with Crippen molar-refractivity contribution in [2.45, 2.75) is 58.6 Å². The molecular formula is C27H34N2O3. The van der Waals surface area contributed by atoms with Crippen LogP contribution in [0.5, 0.6) is 5.75 Å². The molecule has 1 aliphatic heterocycles. The van der Waals surface area contributed by atoms with E-state index in [1.54, 1.807) is 0 Å². The minimum Gasteiger partial charge on any atom is -0.481 e. The molecule has 32 heavy (non-hydrogen) atoms. The topological polar surface area (TPSA) is 58.6 Å². The van der Waals surface area contributed by atoms with Gasteiger partial charge in [-0.3, -0.25) is 9.59 Å². The van der Waals surface area contributed by atoms with Gasteiger partial charge in [0.15, 0.2) is 6.10 Å². The highest BCUT2D eigenvalue weighted by atomic mass is 16.5. The van der Waals surface area contributed by atoms with E-state index in [1.807, 2.05) is 42.2 Å². The first-order valence-corrected chi connectivity index (χ1v) is 11.9. The van der Waals surface area contributed by atoms with Crippen LogP contribution in [-0.2, 0) is 16.0 Å². The smallest absolute Gasteiger partial charge is 0.261 e. The van der Waals surface area contributed by atoms with Crippen molar-refractivity contribution in [2.24, 2.45) is 11.8 Å². The Morgan fingerprint density at radius 3 is 2.53 bits per heavy atom. The van der Waals surface area contributed by atoms with Gasteiger partial charge in [-0.2, -0.15) is 0 Å². The Hall–Kier alpha value is -2.82. The van der Waals surface area contributed by atoms with E-state index >= 15 is 0 Å². The molecule has 2 aromatic carbocycles. The van der Waals surface area contributed by atoms with Gasteiger partial charge < -0.3 is 15.0 Å². The SMILES string of the molecule is CC[C@@H](Oc1ccc2c(c1)[C@@H](c1ccccc1)N(C(=O)C1CC1)CC2)C(=O)NCC(C)C. The molecule has 170 valence electrons. The molecule has 0 radical (unpaired) electrons. The molecule has 2 atom stereocenters. The molecule has 4 rings (SSSR count). The van der Waals surface area contributed by atoms with Gasteiger partial charge in [-0.1, -0.05) is 57.2 Å². The van der Waals surface area contributed by atoms with Crippen LogP contribution >= 0.6 is 0 Å². The Bertz CT molecular complexity index is 953. The molecule has 2 aliphatic rings. The summed E-state index contributed by atoms with van der Waals surface area (Å²) in [6.45, 7) is 7.48. The number of amides is 2. The summed E-state index contributed by atoms with van der Waals surface area (Å²) in [5.74, 6) is 1.43. The molecular weight excluding hydrogens is 400 g/mol. The molecule has 1 aliphatic carbocycles. The van der Waals surface area contributed by atoms with E-state index < -0.39 is 6.10 Å². The zero-order chi connectivity index (χ0) is 22.7. The lowest BCUT2D eigenvalue weighted by atomic mass is 9.87. The minimum atomic E-state index is -0.533. The van der Waals surface area contributed by atoms with Gasteiger partial charge >= 0.3 is 0 Å². The summed E-state index contributed by atoms with van der Waals surface area (Å²) in [6.07, 6.45) is 2.89. The first-order valence-electron chi connectivity index (χ1n) is 11.9. The number of benzene rings is 2. The van der Waals surface area contributed by atoms with E-state index in [0.29, 0.717) is 24.6 Å².